The molecule has 0 aliphatic carbocycles. The van der Waals surface area contributed by atoms with E-state index >= 15 is 13.2 Å². The fraction of sp³-hybridized carbons (Fsp3) is 0.387. The van der Waals surface area contributed by atoms with Crippen LogP contribution in [0.1, 0.15) is 31.0 Å². The second-order valence-corrected chi connectivity index (χ2v) is 13.6. The number of aromatic nitrogens is 2. The van der Waals surface area contributed by atoms with Gasteiger partial charge in [0, 0.05) is 59.3 Å². The Morgan fingerprint density at radius 3 is 2.61 bits per heavy atom. The number of alkyl halides is 3. The molecule has 15 heteroatoms. The van der Waals surface area contributed by atoms with Crippen LogP contribution in [0.4, 0.5) is 28.4 Å². The highest BCUT2D eigenvalue weighted by molar-refractivity contribution is 7.99. The summed E-state index contributed by atoms with van der Waals surface area (Å²) in [4.78, 5) is 22.0. The van der Waals surface area contributed by atoms with E-state index in [1.165, 1.54) is 23.8 Å². The van der Waals surface area contributed by atoms with Crippen molar-refractivity contribution in [3.05, 3.63) is 58.3 Å². The molecule has 0 radical (unpaired) electrons. The van der Waals surface area contributed by atoms with Crippen LogP contribution in [0, 0.1) is 17.1 Å². The second kappa shape index (κ2) is 11.8. The van der Waals surface area contributed by atoms with Gasteiger partial charge in [0.15, 0.2) is 0 Å². The number of hydrogen-bond acceptors (Lipinski definition) is 10. The monoisotopic (exact) mass is 674 g/mol. The fourth-order valence-corrected chi connectivity index (χ4v) is 9.06. The van der Waals surface area contributed by atoms with Gasteiger partial charge in [0.1, 0.15) is 28.9 Å². The van der Waals surface area contributed by atoms with Crippen LogP contribution in [0.3, 0.4) is 0 Å². The van der Waals surface area contributed by atoms with Crippen molar-refractivity contribution in [2.45, 2.75) is 49.3 Å². The molecule has 6 rings (SSSR count). The minimum atomic E-state index is -4.88. The van der Waals surface area contributed by atoms with Crippen LogP contribution in [0.15, 0.2) is 40.5 Å². The molecule has 2 aliphatic rings. The number of benzene rings is 2. The molecule has 0 saturated carbocycles. The lowest BCUT2D eigenvalue weighted by molar-refractivity contribution is -0.137. The number of thiophene rings is 1. The standard InChI is InChI=1S/C31H30F4N6O3S2/c1-5-22(42)40-14(2)10-39(11-15(40)3)29-18-8-20(31(33,34)35)24(17-6-7-21(32)26-23(17)19(9-36)28(37)46-26)27-25(18)41(30(43)38-29)16(12-44-4)13-45-27/h5-8,14-16,22,42H,1,10-13,37H2,2-4H3/t14-,15+,16?,22?. The summed E-state index contributed by atoms with van der Waals surface area (Å²) in [5.74, 6) is -0.403. The Balaban J connectivity index is 1.71. The van der Waals surface area contributed by atoms with E-state index in [0.29, 0.717) is 0 Å². The number of nitriles is 1. The minimum absolute atomic E-state index is 0.00514. The lowest BCUT2D eigenvalue weighted by Gasteiger charge is -2.46. The van der Waals surface area contributed by atoms with Crippen LogP contribution in [0.5, 0.6) is 0 Å². The summed E-state index contributed by atoms with van der Waals surface area (Å²) >= 11 is 1.94. The highest BCUT2D eigenvalue weighted by Gasteiger charge is 2.41. The molecular formula is C31H30F4N6O3S2. The van der Waals surface area contributed by atoms with E-state index in [4.69, 9.17) is 10.5 Å². The van der Waals surface area contributed by atoms with Crippen molar-refractivity contribution < 1.29 is 27.4 Å². The average Bonchev–Trinajstić information content (AvgIpc) is 3.35. The van der Waals surface area contributed by atoms with Gasteiger partial charge in [0.05, 0.1) is 34.0 Å². The normalized spacial score (nSPS) is 21.1. The quantitative estimate of drug-likeness (QED) is 0.199. The highest BCUT2D eigenvalue weighted by Crippen LogP contribution is 2.52. The molecule has 2 aliphatic heterocycles. The van der Waals surface area contributed by atoms with E-state index in [-0.39, 0.29) is 90.9 Å². The number of nitrogens with two attached hydrogens (primary N) is 1. The molecule has 0 spiro atoms. The zero-order valence-corrected chi connectivity index (χ0v) is 26.7. The fourth-order valence-electron chi connectivity index (χ4n) is 6.80. The summed E-state index contributed by atoms with van der Waals surface area (Å²) in [7, 11) is 1.47. The third-order valence-electron chi connectivity index (χ3n) is 8.60. The number of nitrogen functional groups attached to an aromatic ring is 1. The molecule has 2 unspecified atom stereocenters. The molecule has 3 N–H and O–H groups in total. The predicted octanol–water partition coefficient (Wildman–Crippen LogP) is 5.59. The zero-order valence-electron chi connectivity index (χ0n) is 25.1. The van der Waals surface area contributed by atoms with Crippen LogP contribution in [-0.2, 0) is 10.9 Å². The van der Waals surface area contributed by atoms with Gasteiger partial charge in [0.2, 0.25) is 0 Å². The Morgan fingerprint density at radius 2 is 2.00 bits per heavy atom. The van der Waals surface area contributed by atoms with Gasteiger partial charge in [-0.2, -0.15) is 23.4 Å². The number of nitrogens with zero attached hydrogens (tertiary/aromatic N) is 5. The van der Waals surface area contributed by atoms with Crippen molar-refractivity contribution in [2.24, 2.45) is 0 Å². The number of aliphatic hydroxyl groups excluding tert-OH is 1. The Kier molecular flexibility index (Phi) is 8.31. The number of anilines is 2. The number of rotatable bonds is 6. The van der Waals surface area contributed by atoms with Gasteiger partial charge in [-0.1, -0.05) is 12.6 Å². The number of piperazine rings is 1. The first-order chi connectivity index (χ1) is 21.8. The molecule has 9 nitrogen and oxygen atoms in total. The molecule has 2 aromatic heterocycles. The molecule has 1 fully saturated rings. The van der Waals surface area contributed by atoms with E-state index < -0.39 is 35.5 Å². The van der Waals surface area contributed by atoms with Crippen LogP contribution in [-0.4, -0.2) is 70.4 Å². The smallest absolute Gasteiger partial charge is 0.389 e. The first-order valence-electron chi connectivity index (χ1n) is 14.4. The van der Waals surface area contributed by atoms with E-state index in [0.717, 1.165) is 35.2 Å². The molecule has 46 heavy (non-hydrogen) atoms. The Bertz CT molecular complexity index is 1980. The lowest BCUT2D eigenvalue weighted by atomic mass is 9.92. The highest BCUT2D eigenvalue weighted by atomic mass is 32.2. The Hall–Kier alpha value is -3.68. The molecule has 0 amide bonds. The van der Waals surface area contributed by atoms with E-state index in [1.54, 1.807) is 4.90 Å². The van der Waals surface area contributed by atoms with Crippen molar-refractivity contribution in [3.8, 4) is 17.2 Å². The van der Waals surface area contributed by atoms with Gasteiger partial charge in [-0.25, -0.2) is 9.18 Å². The first kappa shape index (κ1) is 32.3. The lowest BCUT2D eigenvalue weighted by Crippen LogP contribution is -2.60. The van der Waals surface area contributed by atoms with Gasteiger partial charge in [-0.3, -0.25) is 9.47 Å². The molecule has 0 bridgehead atoms. The molecule has 1 saturated heterocycles. The maximum atomic E-state index is 15.2. The Morgan fingerprint density at radius 1 is 1.30 bits per heavy atom. The van der Waals surface area contributed by atoms with Crippen molar-refractivity contribution in [1.29, 1.82) is 5.26 Å². The van der Waals surface area contributed by atoms with Crippen molar-refractivity contribution >= 4 is 54.9 Å². The van der Waals surface area contributed by atoms with Gasteiger partial charge in [0.25, 0.3) is 0 Å². The molecule has 4 aromatic rings. The summed E-state index contributed by atoms with van der Waals surface area (Å²) in [5.41, 5.74) is 4.26. The topological polar surface area (TPSA) is 121 Å². The van der Waals surface area contributed by atoms with Gasteiger partial charge >= 0.3 is 11.9 Å². The van der Waals surface area contributed by atoms with Gasteiger partial charge in [-0.15, -0.1) is 23.1 Å². The van der Waals surface area contributed by atoms with Crippen LogP contribution < -0.4 is 16.3 Å². The molecular weight excluding hydrogens is 645 g/mol. The molecule has 242 valence electrons. The SMILES string of the molecule is C=CC(O)N1[C@H](C)CN(c2nc(=O)n3c4c(c(-c5ccc(F)c6sc(N)c(C#N)c56)c(C(F)(F)F)cc24)SCC3COC)C[C@@H]1C. The van der Waals surface area contributed by atoms with E-state index in [1.807, 2.05) is 24.8 Å². The van der Waals surface area contributed by atoms with Crippen LogP contribution in [0.2, 0.25) is 0 Å². The van der Waals surface area contributed by atoms with Crippen LogP contribution in [0.25, 0.3) is 32.1 Å². The molecule has 2 aromatic carbocycles. The predicted molar refractivity (Wildman–Crippen MR) is 172 cm³/mol. The van der Waals surface area contributed by atoms with Crippen molar-refractivity contribution in [1.82, 2.24) is 14.5 Å². The number of hydrogen-bond donors (Lipinski definition) is 2. The number of ether oxygens (including phenoxy) is 1. The third-order valence-corrected chi connectivity index (χ3v) is 10.9. The van der Waals surface area contributed by atoms with Crippen molar-refractivity contribution in [3.63, 3.8) is 0 Å². The van der Waals surface area contributed by atoms with Gasteiger partial charge in [-0.05, 0) is 37.6 Å². The van der Waals surface area contributed by atoms with E-state index in [2.05, 4.69) is 11.6 Å². The zero-order chi connectivity index (χ0) is 33.2. The summed E-state index contributed by atoms with van der Waals surface area (Å²) in [5, 5.41) is 20.5. The van der Waals surface area contributed by atoms with Crippen LogP contribution >= 0.6 is 23.1 Å². The summed E-state index contributed by atoms with van der Waals surface area (Å²) in [6.45, 7) is 8.07. The summed E-state index contributed by atoms with van der Waals surface area (Å²) in [6.07, 6.45) is -4.40. The maximum Gasteiger partial charge on any atom is 0.417 e. The number of methoxy groups -OCH3 is 1. The number of halogens is 4. The largest absolute Gasteiger partial charge is 0.417 e. The number of fused-ring (bicyclic) bond motifs is 1. The average molecular weight is 675 g/mol. The van der Waals surface area contributed by atoms with Gasteiger partial charge < -0.3 is 20.5 Å². The number of thioether (sulfide) groups is 1. The number of aliphatic hydroxyl groups is 1. The molecule has 4 heterocycles. The minimum Gasteiger partial charge on any atom is -0.389 e. The summed E-state index contributed by atoms with van der Waals surface area (Å²) < 4.78 is 67.3. The molecule has 4 atom stereocenters. The maximum absolute atomic E-state index is 15.2. The summed E-state index contributed by atoms with van der Waals surface area (Å²) in [6, 6.07) is 4.19. The first-order valence-corrected chi connectivity index (χ1v) is 16.2. The Labute approximate surface area is 269 Å². The third kappa shape index (κ3) is 5.03. The second-order valence-electron chi connectivity index (χ2n) is 11.5. The van der Waals surface area contributed by atoms with E-state index in [9.17, 15) is 19.6 Å². The van der Waals surface area contributed by atoms with Crippen molar-refractivity contribution in [2.75, 3.05) is 43.2 Å².